The Morgan fingerprint density at radius 2 is 2.12 bits per heavy atom. The van der Waals surface area contributed by atoms with E-state index in [1.165, 1.54) is 59.6 Å². The summed E-state index contributed by atoms with van der Waals surface area (Å²) in [6.07, 6.45) is 8.52. The topological polar surface area (TPSA) is 78.9 Å². The molecule has 0 aliphatic heterocycles. The van der Waals surface area contributed by atoms with Crippen molar-refractivity contribution in [1.29, 1.82) is 0 Å². The smallest absolute Gasteiger partial charge is 0.356 e. The third kappa shape index (κ3) is 2.59. The molecule has 132 valence electrons. The molecule has 2 saturated carbocycles. The van der Waals surface area contributed by atoms with Crippen LogP contribution in [-0.4, -0.2) is 26.0 Å². The average molecular weight is 347 g/mol. The van der Waals surface area contributed by atoms with Gasteiger partial charge in [-0.15, -0.1) is 0 Å². The summed E-state index contributed by atoms with van der Waals surface area (Å²) >= 11 is 0. The number of carboxylic acid groups (broad SMARTS) is 1. The average Bonchev–Trinajstić information content (AvgIpc) is 3.56. The van der Waals surface area contributed by atoms with Gasteiger partial charge in [-0.05, 0) is 48.8 Å². The zero-order valence-corrected chi connectivity index (χ0v) is 14.7. The van der Waals surface area contributed by atoms with Gasteiger partial charge in [0.2, 0.25) is 0 Å². The quantitative estimate of drug-likeness (QED) is 0.726. The van der Waals surface area contributed by atoms with Crippen LogP contribution in [0.25, 0.3) is 10.9 Å². The molecule has 2 aromatic heterocycles. The van der Waals surface area contributed by atoms with Gasteiger partial charge in [0.05, 0.1) is 11.9 Å². The minimum absolute atomic E-state index is 0.00227. The SMILES string of the molecule is CC1(c2[nH]c3cc(C4CC4)ccc3c2Cc2cncc(C(=O)O)n2)CC1. The largest absolute Gasteiger partial charge is 0.476 e. The fourth-order valence-corrected chi connectivity index (χ4v) is 3.86. The number of aromatic carboxylic acids is 1. The van der Waals surface area contributed by atoms with Crippen LogP contribution in [0.5, 0.6) is 0 Å². The van der Waals surface area contributed by atoms with E-state index in [9.17, 15) is 9.90 Å². The van der Waals surface area contributed by atoms with Crippen molar-refractivity contribution in [3.8, 4) is 0 Å². The normalized spacial score (nSPS) is 18.2. The van der Waals surface area contributed by atoms with Gasteiger partial charge >= 0.3 is 5.97 Å². The molecular formula is C21H21N3O2. The second-order valence-corrected chi connectivity index (χ2v) is 8.00. The molecule has 1 aromatic carbocycles. The summed E-state index contributed by atoms with van der Waals surface area (Å²) in [7, 11) is 0. The zero-order valence-electron chi connectivity index (χ0n) is 14.7. The van der Waals surface area contributed by atoms with E-state index in [2.05, 4.69) is 40.1 Å². The third-order valence-electron chi connectivity index (χ3n) is 5.84. The van der Waals surface area contributed by atoms with Gasteiger partial charge in [-0.3, -0.25) is 4.98 Å². The standard InChI is InChI=1S/C21H21N3O2/c1-21(6-7-21)19-16(9-14-10-22-11-18(23-14)20(25)26)15-5-4-13(12-2-3-12)8-17(15)24-19/h4-5,8,10-12,24H,2-3,6-7,9H2,1H3,(H,25,26). The van der Waals surface area contributed by atoms with Crippen LogP contribution in [-0.2, 0) is 11.8 Å². The van der Waals surface area contributed by atoms with E-state index in [4.69, 9.17) is 0 Å². The molecule has 3 aromatic rings. The Bertz CT molecular complexity index is 1030. The minimum Gasteiger partial charge on any atom is -0.476 e. The molecule has 0 saturated heterocycles. The Kier molecular flexibility index (Phi) is 3.23. The molecular weight excluding hydrogens is 326 g/mol. The molecule has 2 fully saturated rings. The zero-order chi connectivity index (χ0) is 17.9. The van der Waals surface area contributed by atoms with E-state index in [1.54, 1.807) is 6.20 Å². The van der Waals surface area contributed by atoms with Crippen molar-refractivity contribution >= 4 is 16.9 Å². The van der Waals surface area contributed by atoms with Crippen molar-refractivity contribution in [3.63, 3.8) is 0 Å². The Morgan fingerprint density at radius 3 is 2.81 bits per heavy atom. The van der Waals surface area contributed by atoms with Gasteiger partial charge < -0.3 is 10.1 Å². The van der Waals surface area contributed by atoms with E-state index < -0.39 is 5.97 Å². The predicted octanol–water partition coefficient (Wildman–Crippen LogP) is 4.18. The molecule has 2 heterocycles. The number of nitrogens with zero attached hydrogens (tertiary/aromatic N) is 2. The van der Waals surface area contributed by atoms with Gasteiger partial charge in [0.1, 0.15) is 0 Å². The van der Waals surface area contributed by atoms with Crippen LogP contribution in [0, 0.1) is 0 Å². The summed E-state index contributed by atoms with van der Waals surface area (Å²) < 4.78 is 0. The van der Waals surface area contributed by atoms with Gasteiger partial charge in [0.25, 0.3) is 0 Å². The number of benzene rings is 1. The Hall–Kier alpha value is -2.69. The van der Waals surface area contributed by atoms with Gasteiger partial charge in [-0.2, -0.15) is 0 Å². The van der Waals surface area contributed by atoms with E-state index in [0.717, 1.165) is 5.92 Å². The Balaban J connectivity index is 1.61. The van der Waals surface area contributed by atoms with Crippen molar-refractivity contribution < 1.29 is 9.90 Å². The fourth-order valence-electron chi connectivity index (χ4n) is 3.86. The van der Waals surface area contributed by atoms with Crippen LogP contribution in [0.2, 0.25) is 0 Å². The number of carbonyl (C=O) groups is 1. The van der Waals surface area contributed by atoms with Crippen molar-refractivity contribution in [2.45, 2.75) is 50.4 Å². The molecule has 26 heavy (non-hydrogen) atoms. The summed E-state index contributed by atoms with van der Waals surface area (Å²) in [5, 5.41) is 10.4. The number of aromatic nitrogens is 3. The van der Waals surface area contributed by atoms with Gasteiger partial charge in [-0.25, -0.2) is 9.78 Å². The van der Waals surface area contributed by atoms with Crippen LogP contribution in [0.1, 0.15) is 71.5 Å². The van der Waals surface area contributed by atoms with E-state index in [1.807, 2.05) is 0 Å². The molecule has 2 aliphatic rings. The number of nitrogens with one attached hydrogen (secondary N) is 1. The molecule has 2 N–H and O–H groups in total. The first-order valence-electron chi connectivity index (χ1n) is 9.23. The highest BCUT2D eigenvalue weighted by Crippen LogP contribution is 2.50. The van der Waals surface area contributed by atoms with Crippen LogP contribution in [0.3, 0.4) is 0 Å². The number of carboxylic acids is 1. The minimum atomic E-state index is -1.04. The first-order chi connectivity index (χ1) is 12.5. The molecule has 0 radical (unpaired) electrons. The van der Waals surface area contributed by atoms with Crippen molar-refractivity contribution in [3.05, 3.63) is 58.8 Å². The molecule has 0 amide bonds. The summed E-state index contributed by atoms with van der Waals surface area (Å²) in [4.78, 5) is 23.2. The van der Waals surface area contributed by atoms with Gasteiger partial charge in [0.15, 0.2) is 5.69 Å². The lowest BCUT2D eigenvalue weighted by molar-refractivity contribution is 0.0689. The third-order valence-corrected chi connectivity index (χ3v) is 5.84. The number of H-pyrrole nitrogens is 1. The van der Waals surface area contributed by atoms with Crippen LogP contribution in [0.15, 0.2) is 30.6 Å². The number of hydrogen-bond acceptors (Lipinski definition) is 3. The second kappa shape index (κ2) is 5.40. The highest BCUT2D eigenvalue weighted by atomic mass is 16.4. The fraction of sp³-hybridized carbons (Fsp3) is 0.381. The number of aromatic amines is 1. The lowest BCUT2D eigenvalue weighted by Gasteiger charge is -2.10. The molecule has 5 nitrogen and oxygen atoms in total. The molecule has 2 aliphatic carbocycles. The molecule has 5 rings (SSSR count). The summed E-state index contributed by atoms with van der Waals surface area (Å²) in [5.74, 6) is -0.314. The molecule has 0 atom stereocenters. The highest BCUT2D eigenvalue weighted by molar-refractivity contribution is 5.87. The molecule has 0 unspecified atom stereocenters. The van der Waals surface area contributed by atoms with E-state index in [0.29, 0.717) is 12.1 Å². The first-order valence-corrected chi connectivity index (χ1v) is 9.23. The lowest BCUT2D eigenvalue weighted by Crippen LogP contribution is -2.08. The van der Waals surface area contributed by atoms with Crippen molar-refractivity contribution in [2.75, 3.05) is 0 Å². The van der Waals surface area contributed by atoms with Crippen molar-refractivity contribution in [1.82, 2.24) is 15.0 Å². The summed E-state index contributed by atoms with van der Waals surface area (Å²) in [6.45, 7) is 2.29. The number of hydrogen-bond donors (Lipinski definition) is 2. The van der Waals surface area contributed by atoms with Crippen LogP contribution < -0.4 is 0 Å². The summed E-state index contributed by atoms with van der Waals surface area (Å²) in [6, 6.07) is 6.76. The Morgan fingerprint density at radius 1 is 1.31 bits per heavy atom. The second-order valence-electron chi connectivity index (χ2n) is 8.00. The maximum absolute atomic E-state index is 11.2. The lowest BCUT2D eigenvalue weighted by atomic mass is 9.96. The monoisotopic (exact) mass is 347 g/mol. The Labute approximate surface area is 151 Å². The maximum atomic E-state index is 11.2. The number of fused-ring (bicyclic) bond motifs is 1. The molecule has 0 bridgehead atoms. The van der Waals surface area contributed by atoms with E-state index in [-0.39, 0.29) is 11.1 Å². The van der Waals surface area contributed by atoms with Crippen LogP contribution >= 0.6 is 0 Å². The van der Waals surface area contributed by atoms with Crippen LogP contribution in [0.4, 0.5) is 0 Å². The van der Waals surface area contributed by atoms with Gasteiger partial charge in [0, 0.05) is 34.6 Å². The summed E-state index contributed by atoms with van der Waals surface area (Å²) in [5.41, 5.74) is 6.02. The molecule has 5 heteroatoms. The van der Waals surface area contributed by atoms with Gasteiger partial charge in [-0.1, -0.05) is 19.1 Å². The highest BCUT2D eigenvalue weighted by Gasteiger charge is 2.42. The maximum Gasteiger partial charge on any atom is 0.356 e. The van der Waals surface area contributed by atoms with Crippen molar-refractivity contribution in [2.24, 2.45) is 0 Å². The first kappa shape index (κ1) is 15.6. The molecule has 0 spiro atoms. The van der Waals surface area contributed by atoms with E-state index >= 15 is 0 Å². The predicted molar refractivity (Wildman–Crippen MR) is 98.7 cm³/mol. The number of rotatable bonds is 5.